The number of hydrogen-bond donors (Lipinski definition) is 0. The molecule has 0 saturated heterocycles. The van der Waals surface area contributed by atoms with Crippen molar-refractivity contribution in [2.45, 2.75) is 6.18 Å². The molecule has 0 unspecified atom stereocenters. The van der Waals surface area contributed by atoms with Gasteiger partial charge in [-0.2, -0.15) is 13.2 Å². The smallest absolute Gasteiger partial charge is 0.450 e. The first-order valence-electron chi connectivity index (χ1n) is 11.1. The Hall–Kier alpha value is -4.07. The Kier molecular flexibility index (Phi) is 6.73. The summed E-state index contributed by atoms with van der Waals surface area (Å²) in [7, 11) is 0. The van der Waals surface area contributed by atoms with Crippen LogP contribution in [-0.2, 0) is 11.0 Å². The van der Waals surface area contributed by atoms with Crippen LogP contribution in [0.15, 0.2) is 94.2 Å². The summed E-state index contributed by atoms with van der Waals surface area (Å²) in [6.45, 7) is 0. The summed E-state index contributed by atoms with van der Waals surface area (Å²) in [6, 6.07) is 20.0. The minimum absolute atomic E-state index is 0.0907. The van der Waals surface area contributed by atoms with E-state index in [-0.39, 0.29) is 22.3 Å². The highest BCUT2D eigenvalue weighted by atomic mass is 35.5. The van der Waals surface area contributed by atoms with Gasteiger partial charge in [-0.3, -0.25) is 4.79 Å². The molecule has 190 valence electrons. The van der Waals surface area contributed by atoms with E-state index in [0.29, 0.717) is 26.4 Å². The minimum atomic E-state index is -4.96. The third kappa shape index (κ3) is 5.03. The molecule has 1 heterocycles. The van der Waals surface area contributed by atoms with Crippen molar-refractivity contribution in [1.29, 1.82) is 0 Å². The Morgan fingerprint density at radius 2 is 1.63 bits per heavy atom. The average Bonchev–Trinajstić information content (AvgIpc) is 2.88. The van der Waals surface area contributed by atoms with Gasteiger partial charge < -0.3 is 9.15 Å². The molecule has 0 N–H and O–H groups in total. The highest BCUT2D eigenvalue weighted by Gasteiger charge is 2.39. The van der Waals surface area contributed by atoms with Crippen molar-refractivity contribution in [2.24, 2.45) is 0 Å². The summed E-state index contributed by atoms with van der Waals surface area (Å²) in [6.07, 6.45) is -2.41. The number of benzene rings is 4. The normalized spacial score (nSPS) is 11.9. The standard InChI is InChI=1S/C29H15Cl2F3O4/c30-22-12-8-16(14-23(22)31)9-13-25(35)37-18-10-11-21-24(15-18)38-28(29(32,33)34)26(27(21)36)20-7-3-5-17-4-1-2-6-19(17)20/h1-15H. The number of rotatable bonds is 4. The van der Waals surface area contributed by atoms with Gasteiger partial charge in [0.1, 0.15) is 11.3 Å². The van der Waals surface area contributed by atoms with E-state index < -0.39 is 28.9 Å². The molecule has 0 saturated carbocycles. The van der Waals surface area contributed by atoms with Crippen molar-refractivity contribution in [1.82, 2.24) is 0 Å². The van der Waals surface area contributed by atoms with E-state index in [9.17, 15) is 22.8 Å². The largest absolute Gasteiger partial charge is 0.450 e. The van der Waals surface area contributed by atoms with Gasteiger partial charge in [0.25, 0.3) is 0 Å². The molecule has 0 amide bonds. The summed E-state index contributed by atoms with van der Waals surface area (Å²) < 4.78 is 52.8. The Morgan fingerprint density at radius 3 is 2.39 bits per heavy atom. The second-order valence-corrected chi connectivity index (χ2v) is 9.06. The van der Waals surface area contributed by atoms with Gasteiger partial charge in [0, 0.05) is 12.1 Å². The lowest BCUT2D eigenvalue weighted by molar-refractivity contribution is -0.152. The van der Waals surface area contributed by atoms with E-state index in [2.05, 4.69) is 0 Å². The van der Waals surface area contributed by atoms with Crippen molar-refractivity contribution in [3.05, 3.63) is 117 Å². The number of alkyl halides is 3. The highest BCUT2D eigenvalue weighted by molar-refractivity contribution is 6.42. The number of carbonyl (C=O) groups excluding carboxylic acids is 1. The Bertz CT molecular complexity index is 1800. The minimum Gasteiger partial charge on any atom is -0.450 e. The number of esters is 1. The second-order valence-electron chi connectivity index (χ2n) is 8.25. The van der Waals surface area contributed by atoms with Crippen LogP contribution in [0.5, 0.6) is 5.75 Å². The Balaban J connectivity index is 1.55. The van der Waals surface area contributed by atoms with Gasteiger partial charge >= 0.3 is 12.1 Å². The second kappa shape index (κ2) is 10.0. The zero-order valence-electron chi connectivity index (χ0n) is 19.2. The molecule has 0 spiro atoms. The van der Waals surface area contributed by atoms with E-state index in [1.165, 1.54) is 24.3 Å². The summed E-state index contributed by atoms with van der Waals surface area (Å²) >= 11 is 11.8. The number of halogens is 5. The zero-order valence-corrected chi connectivity index (χ0v) is 20.7. The molecular formula is C29H15Cl2F3O4. The van der Waals surface area contributed by atoms with Crippen molar-refractivity contribution >= 4 is 57.0 Å². The summed E-state index contributed by atoms with van der Waals surface area (Å²) in [4.78, 5) is 25.7. The van der Waals surface area contributed by atoms with Crippen LogP contribution < -0.4 is 10.2 Å². The Morgan fingerprint density at radius 1 is 0.868 bits per heavy atom. The molecule has 0 aliphatic heterocycles. The van der Waals surface area contributed by atoms with E-state index in [4.69, 9.17) is 32.4 Å². The molecule has 0 aliphatic carbocycles. The monoisotopic (exact) mass is 554 g/mol. The Labute approximate surface area is 223 Å². The van der Waals surface area contributed by atoms with Crippen LogP contribution in [0.2, 0.25) is 10.0 Å². The number of ether oxygens (including phenoxy) is 1. The van der Waals surface area contributed by atoms with Crippen molar-refractivity contribution < 1.29 is 27.1 Å². The fourth-order valence-corrected chi connectivity index (χ4v) is 4.36. The van der Waals surface area contributed by atoms with Crippen LogP contribution in [0.3, 0.4) is 0 Å². The molecule has 38 heavy (non-hydrogen) atoms. The lowest BCUT2D eigenvalue weighted by atomic mass is 9.96. The van der Waals surface area contributed by atoms with Gasteiger partial charge in [-0.1, -0.05) is 71.7 Å². The SMILES string of the molecule is O=C(C=Cc1ccc(Cl)c(Cl)c1)Oc1ccc2c(=O)c(-c3cccc4ccccc34)c(C(F)(F)F)oc2c1. The first-order valence-corrected chi connectivity index (χ1v) is 11.9. The van der Waals surface area contributed by atoms with E-state index in [0.717, 1.165) is 12.1 Å². The van der Waals surface area contributed by atoms with Gasteiger partial charge in [-0.15, -0.1) is 0 Å². The maximum Gasteiger partial charge on any atom is 0.450 e. The third-order valence-electron chi connectivity index (χ3n) is 5.75. The van der Waals surface area contributed by atoms with E-state index in [1.807, 2.05) is 0 Å². The molecule has 5 rings (SSSR count). The number of carbonyl (C=O) groups is 1. The van der Waals surface area contributed by atoms with Crippen LogP contribution in [-0.4, -0.2) is 5.97 Å². The van der Waals surface area contributed by atoms with Gasteiger partial charge in [-0.05, 0) is 52.2 Å². The van der Waals surface area contributed by atoms with Crippen LogP contribution in [0.4, 0.5) is 13.2 Å². The molecule has 0 fully saturated rings. The van der Waals surface area contributed by atoms with Crippen LogP contribution in [0.25, 0.3) is 38.9 Å². The summed E-state index contributed by atoms with van der Waals surface area (Å²) in [5.41, 5.74) is -1.13. The van der Waals surface area contributed by atoms with Gasteiger partial charge in [0.15, 0.2) is 0 Å². The molecule has 5 aromatic rings. The van der Waals surface area contributed by atoms with E-state index in [1.54, 1.807) is 54.6 Å². The van der Waals surface area contributed by atoms with Crippen molar-refractivity contribution in [3.8, 4) is 16.9 Å². The highest BCUT2D eigenvalue weighted by Crippen LogP contribution is 2.39. The predicted octanol–water partition coefficient (Wildman–Crippen LogP) is 8.56. The molecule has 0 aliphatic rings. The van der Waals surface area contributed by atoms with E-state index >= 15 is 0 Å². The van der Waals surface area contributed by atoms with Crippen molar-refractivity contribution in [3.63, 3.8) is 0 Å². The lowest BCUT2D eigenvalue weighted by Gasteiger charge is -2.14. The quantitative estimate of drug-likeness (QED) is 0.127. The molecule has 1 aromatic heterocycles. The van der Waals surface area contributed by atoms with Gasteiger partial charge in [0.05, 0.1) is 21.0 Å². The van der Waals surface area contributed by atoms with Gasteiger partial charge in [-0.25, -0.2) is 4.79 Å². The maximum absolute atomic E-state index is 14.1. The van der Waals surface area contributed by atoms with Crippen LogP contribution >= 0.6 is 23.2 Å². The molecular weight excluding hydrogens is 540 g/mol. The zero-order chi connectivity index (χ0) is 27.0. The summed E-state index contributed by atoms with van der Waals surface area (Å²) in [5.74, 6) is -2.34. The average molecular weight is 555 g/mol. The molecule has 0 bridgehead atoms. The predicted molar refractivity (Wildman–Crippen MR) is 142 cm³/mol. The maximum atomic E-state index is 14.1. The third-order valence-corrected chi connectivity index (χ3v) is 6.49. The molecule has 0 radical (unpaired) electrons. The van der Waals surface area contributed by atoms with Crippen LogP contribution in [0, 0.1) is 0 Å². The van der Waals surface area contributed by atoms with Crippen LogP contribution in [0.1, 0.15) is 11.3 Å². The lowest BCUT2D eigenvalue weighted by Crippen LogP contribution is -2.16. The van der Waals surface area contributed by atoms with Gasteiger partial charge in [0.2, 0.25) is 11.2 Å². The topological polar surface area (TPSA) is 56.5 Å². The molecule has 4 aromatic carbocycles. The fourth-order valence-electron chi connectivity index (χ4n) is 4.06. The number of hydrogen-bond acceptors (Lipinski definition) is 4. The van der Waals surface area contributed by atoms with Crippen molar-refractivity contribution in [2.75, 3.05) is 0 Å². The number of fused-ring (bicyclic) bond motifs is 2. The molecule has 0 atom stereocenters. The molecule has 9 heteroatoms. The molecule has 4 nitrogen and oxygen atoms in total. The fraction of sp³-hybridized carbons (Fsp3) is 0.0345. The first kappa shape index (κ1) is 25.6. The summed E-state index contributed by atoms with van der Waals surface area (Å²) in [5, 5.41) is 1.72. The first-order chi connectivity index (χ1) is 18.1.